The van der Waals surface area contributed by atoms with E-state index in [1.807, 2.05) is 12.1 Å². The van der Waals surface area contributed by atoms with Crippen molar-refractivity contribution in [2.45, 2.75) is 38.0 Å². The number of ether oxygens (including phenoxy) is 1. The summed E-state index contributed by atoms with van der Waals surface area (Å²) in [5.74, 6) is 1.07. The van der Waals surface area contributed by atoms with Gasteiger partial charge in [0.2, 0.25) is 0 Å². The molecule has 1 N–H and O–H groups in total. The van der Waals surface area contributed by atoms with Gasteiger partial charge in [-0.1, -0.05) is 54.6 Å². The van der Waals surface area contributed by atoms with Crippen LogP contribution in [0.1, 0.15) is 43.6 Å². The van der Waals surface area contributed by atoms with Crippen LogP contribution < -0.4 is 10.1 Å². The SMILES string of the molecule is O=C(COc1ccc(C2CCCCC2)cc1)Nc1cc(Cl)ccc1Cl. The fourth-order valence-corrected chi connectivity index (χ4v) is 3.54. The number of carbonyl (C=O) groups excluding carboxylic acids is 1. The van der Waals surface area contributed by atoms with Crippen molar-refractivity contribution >= 4 is 34.8 Å². The van der Waals surface area contributed by atoms with Gasteiger partial charge in [0.25, 0.3) is 5.91 Å². The molecular weight excluding hydrogens is 357 g/mol. The van der Waals surface area contributed by atoms with Crippen molar-refractivity contribution in [3.63, 3.8) is 0 Å². The van der Waals surface area contributed by atoms with Gasteiger partial charge in [0.05, 0.1) is 10.7 Å². The lowest BCUT2D eigenvalue weighted by molar-refractivity contribution is -0.118. The molecule has 0 saturated heterocycles. The van der Waals surface area contributed by atoms with Crippen LogP contribution in [0.2, 0.25) is 10.0 Å². The summed E-state index contributed by atoms with van der Waals surface area (Å²) < 4.78 is 5.56. The smallest absolute Gasteiger partial charge is 0.262 e. The Hall–Kier alpha value is -1.71. The molecule has 5 heteroatoms. The molecule has 0 aromatic heterocycles. The number of anilines is 1. The molecule has 1 amide bonds. The Bertz CT molecular complexity index is 725. The molecule has 0 bridgehead atoms. The second kappa shape index (κ2) is 8.59. The summed E-state index contributed by atoms with van der Waals surface area (Å²) in [4.78, 5) is 12.0. The largest absolute Gasteiger partial charge is 0.484 e. The summed E-state index contributed by atoms with van der Waals surface area (Å²) in [5.41, 5.74) is 1.85. The molecule has 25 heavy (non-hydrogen) atoms. The minimum Gasteiger partial charge on any atom is -0.484 e. The van der Waals surface area contributed by atoms with E-state index >= 15 is 0 Å². The standard InChI is InChI=1S/C20H21Cl2NO2/c21-16-8-11-18(22)19(12-16)23-20(24)13-25-17-9-6-15(7-10-17)14-4-2-1-3-5-14/h6-12,14H,1-5,13H2,(H,23,24). The van der Waals surface area contributed by atoms with E-state index in [9.17, 15) is 4.79 Å². The first-order chi connectivity index (χ1) is 12.1. The number of hydrogen-bond acceptors (Lipinski definition) is 2. The third kappa shape index (κ3) is 5.13. The molecule has 2 aromatic carbocycles. The summed E-state index contributed by atoms with van der Waals surface area (Å²) in [6, 6.07) is 13.0. The van der Waals surface area contributed by atoms with Gasteiger partial charge >= 0.3 is 0 Å². The van der Waals surface area contributed by atoms with E-state index < -0.39 is 0 Å². The Morgan fingerprint density at radius 1 is 1.04 bits per heavy atom. The second-order valence-corrected chi connectivity index (χ2v) is 7.21. The van der Waals surface area contributed by atoms with E-state index in [4.69, 9.17) is 27.9 Å². The minimum absolute atomic E-state index is 0.0778. The van der Waals surface area contributed by atoms with Gasteiger partial charge in [-0.25, -0.2) is 0 Å². The number of hydrogen-bond donors (Lipinski definition) is 1. The highest BCUT2D eigenvalue weighted by Gasteiger charge is 2.15. The Balaban J connectivity index is 1.52. The Morgan fingerprint density at radius 3 is 2.48 bits per heavy atom. The maximum Gasteiger partial charge on any atom is 0.262 e. The first-order valence-corrected chi connectivity index (χ1v) is 9.35. The van der Waals surface area contributed by atoms with E-state index in [1.165, 1.54) is 37.7 Å². The van der Waals surface area contributed by atoms with Gasteiger partial charge in [-0.3, -0.25) is 4.79 Å². The first-order valence-electron chi connectivity index (χ1n) is 8.59. The number of carbonyl (C=O) groups is 1. The van der Waals surface area contributed by atoms with Crippen molar-refractivity contribution in [2.24, 2.45) is 0 Å². The van der Waals surface area contributed by atoms with Gasteiger partial charge < -0.3 is 10.1 Å². The fraction of sp³-hybridized carbons (Fsp3) is 0.350. The lowest BCUT2D eigenvalue weighted by Gasteiger charge is -2.22. The quantitative estimate of drug-likeness (QED) is 0.687. The predicted molar refractivity (Wildman–Crippen MR) is 103 cm³/mol. The number of amides is 1. The number of nitrogens with one attached hydrogen (secondary N) is 1. The average molecular weight is 378 g/mol. The zero-order valence-corrected chi connectivity index (χ0v) is 15.4. The Labute approximate surface area is 158 Å². The van der Waals surface area contributed by atoms with E-state index in [1.54, 1.807) is 18.2 Å². The van der Waals surface area contributed by atoms with Crippen LogP contribution in [0.15, 0.2) is 42.5 Å². The van der Waals surface area contributed by atoms with E-state index in [0.29, 0.717) is 27.4 Å². The van der Waals surface area contributed by atoms with E-state index in [2.05, 4.69) is 17.4 Å². The molecule has 3 rings (SSSR count). The van der Waals surface area contributed by atoms with Crippen LogP contribution in [0.5, 0.6) is 5.75 Å². The molecule has 1 saturated carbocycles. The van der Waals surface area contributed by atoms with Crippen LogP contribution in [0.4, 0.5) is 5.69 Å². The molecule has 0 unspecified atom stereocenters. The van der Waals surface area contributed by atoms with Crippen molar-refractivity contribution in [3.05, 3.63) is 58.1 Å². The van der Waals surface area contributed by atoms with Crippen LogP contribution in [-0.2, 0) is 4.79 Å². The maximum absolute atomic E-state index is 12.0. The van der Waals surface area contributed by atoms with Crippen molar-refractivity contribution in [1.29, 1.82) is 0 Å². The highest BCUT2D eigenvalue weighted by atomic mass is 35.5. The van der Waals surface area contributed by atoms with Gasteiger partial charge in [0, 0.05) is 5.02 Å². The summed E-state index contributed by atoms with van der Waals surface area (Å²) in [6.45, 7) is -0.0778. The zero-order chi connectivity index (χ0) is 17.6. The van der Waals surface area contributed by atoms with Gasteiger partial charge in [-0.05, 0) is 54.7 Å². The van der Waals surface area contributed by atoms with E-state index in [-0.39, 0.29) is 12.5 Å². The minimum atomic E-state index is -0.277. The molecule has 0 radical (unpaired) electrons. The Kier molecular flexibility index (Phi) is 6.22. The molecule has 0 aliphatic heterocycles. The van der Waals surface area contributed by atoms with Crippen LogP contribution in [-0.4, -0.2) is 12.5 Å². The number of benzene rings is 2. The monoisotopic (exact) mass is 377 g/mol. The van der Waals surface area contributed by atoms with Crippen molar-refractivity contribution < 1.29 is 9.53 Å². The van der Waals surface area contributed by atoms with Gasteiger partial charge in [0.1, 0.15) is 5.75 Å². The highest BCUT2D eigenvalue weighted by molar-refractivity contribution is 6.35. The van der Waals surface area contributed by atoms with Crippen molar-refractivity contribution in [3.8, 4) is 5.75 Å². The molecule has 1 fully saturated rings. The molecule has 132 valence electrons. The molecule has 2 aromatic rings. The van der Waals surface area contributed by atoms with Crippen LogP contribution in [0.3, 0.4) is 0 Å². The molecule has 0 spiro atoms. The molecule has 1 aliphatic carbocycles. The molecule has 0 heterocycles. The summed E-state index contributed by atoms with van der Waals surface area (Å²) >= 11 is 11.9. The van der Waals surface area contributed by atoms with Crippen LogP contribution in [0.25, 0.3) is 0 Å². The Morgan fingerprint density at radius 2 is 1.76 bits per heavy atom. The van der Waals surface area contributed by atoms with Gasteiger partial charge in [-0.15, -0.1) is 0 Å². The van der Waals surface area contributed by atoms with E-state index in [0.717, 1.165) is 0 Å². The predicted octanol–water partition coefficient (Wildman–Crippen LogP) is 6.06. The summed E-state index contributed by atoms with van der Waals surface area (Å²) in [6.07, 6.45) is 6.51. The summed E-state index contributed by atoms with van der Waals surface area (Å²) in [5, 5.41) is 3.66. The zero-order valence-electron chi connectivity index (χ0n) is 13.9. The van der Waals surface area contributed by atoms with Gasteiger partial charge in [0.15, 0.2) is 6.61 Å². The van der Waals surface area contributed by atoms with Crippen molar-refractivity contribution in [2.75, 3.05) is 11.9 Å². The average Bonchev–Trinajstić information content (AvgIpc) is 2.64. The lowest BCUT2D eigenvalue weighted by atomic mass is 9.84. The fourth-order valence-electron chi connectivity index (χ4n) is 3.20. The third-order valence-corrected chi connectivity index (χ3v) is 5.09. The third-order valence-electron chi connectivity index (χ3n) is 4.53. The number of halogens is 2. The molecule has 0 atom stereocenters. The maximum atomic E-state index is 12.0. The lowest BCUT2D eigenvalue weighted by Crippen LogP contribution is -2.20. The topological polar surface area (TPSA) is 38.3 Å². The first kappa shape index (κ1) is 18.1. The normalized spacial score (nSPS) is 15.0. The summed E-state index contributed by atoms with van der Waals surface area (Å²) in [7, 11) is 0. The molecular formula is C20H21Cl2NO2. The molecule has 3 nitrogen and oxygen atoms in total. The van der Waals surface area contributed by atoms with Gasteiger partial charge in [-0.2, -0.15) is 0 Å². The van der Waals surface area contributed by atoms with Crippen LogP contribution >= 0.6 is 23.2 Å². The second-order valence-electron chi connectivity index (χ2n) is 6.36. The van der Waals surface area contributed by atoms with Crippen LogP contribution in [0, 0.1) is 0 Å². The number of rotatable bonds is 5. The van der Waals surface area contributed by atoms with Crippen molar-refractivity contribution in [1.82, 2.24) is 0 Å². The highest BCUT2D eigenvalue weighted by Crippen LogP contribution is 2.33. The molecule has 1 aliphatic rings.